The van der Waals surface area contributed by atoms with E-state index >= 15 is 0 Å². The summed E-state index contributed by atoms with van der Waals surface area (Å²) in [6.45, 7) is 0. The van der Waals surface area contributed by atoms with Crippen LogP contribution in [0.1, 0.15) is 9.67 Å². The Morgan fingerprint density at radius 3 is 2.55 bits per heavy atom. The van der Waals surface area contributed by atoms with Crippen LogP contribution in [0.15, 0.2) is 12.1 Å². The maximum absolute atomic E-state index is 11.7. The van der Waals surface area contributed by atoms with E-state index < -0.39 is 12.2 Å². The van der Waals surface area contributed by atoms with E-state index in [1.54, 1.807) is 0 Å². The summed E-state index contributed by atoms with van der Waals surface area (Å²) in [6.07, 6.45) is -2.94. The second kappa shape index (κ2) is 3.28. The average molecular weight is 197 g/mol. The van der Waals surface area contributed by atoms with Gasteiger partial charge in [0.05, 0.1) is 9.21 Å². The molecule has 0 saturated carbocycles. The first-order chi connectivity index (χ1) is 5.11. The zero-order chi connectivity index (χ0) is 8.43. The highest BCUT2D eigenvalue weighted by Gasteiger charge is 2.18. The van der Waals surface area contributed by atoms with Gasteiger partial charge in [0.25, 0.3) is 0 Å². The molecule has 0 radical (unpaired) electrons. The number of ketones is 1. The van der Waals surface area contributed by atoms with Crippen LogP contribution >= 0.6 is 22.9 Å². The first-order valence-electron chi connectivity index (χ1n) is 2.69. The predicted molar refractivity (Wildman–Crippen MR) is 39.7 cm³/mol. The van der Waals surface area contributed by atoms with Gasteiger partial charge < -0.3 is 0 Å². The summed E-state index contributed by atoms with van der Waals surface area (Å²) in [5.74, 6) is -1.16. The van der Waals surface area contributed by atoms with Gasteiger partial charge in [-0.3, -0.25) is 4.79 Å². The number of thiophene rings is 1. The Kier molecular flexibility index (Phi) is 2.57. The molecular weight excluding hydrogens is 194 g/mol. The molecule has 0 bridgehead atoms. The van der Waals surface area contributed by atoms with E-state index in [0.717, 1.165) is 11.3 Å². The molecule has 0 fully saturated rings. The summed E-state index contributed by atoms with van der Waals surface area (Å²) in [7, 11) is 0. The van der Waals surface area contributed by atoms with Gasteiger partial charge in [-0.15, -0.1) is 11.3 Å². The van der Waals surface area contributed by atoms with Crippen molar-refractivity contribution in [3.8, 4) is 0 Å². The third-order valence-corrected chi connectivity index (χ3v) is 2.26. The van der Waals surface area contributed by atoms with Gasteiger partial charge in [-0.25, -0.2) is 8.78 Å². The Balaban J connectivity index is 2.85. The van der Waals surface area contributed by atoms with Crippen LogP contribution in [0.25, 0.3) is 0 Å². The molecule has 1 aromatic heterocycles. The zero-order valence-corrected chi connectivity index (χ0v) is 6.75. The second-order valence-electron chi connectivity index (χ2n) is 1.77. The molecule has 1 heterocycles. The molecule has 1 nitrogen and oxygen atoms in total. The fourth-order valence-electron chi connectivity index (χ4n) is 0.554. The zero-order valence-electron chi connectivity index (χ0n) is 5.18. The van der Waals surface area contributed by atoms with Crippen LogP contribution < -0.4 is 0 Å². The molecule has 0 aliphatic heterocycles. The Hall–Kier alpha value is -0.480. The Morgan fingerprint density at radius 1 is 1.55 bits per heavy atom. The van der Waals surface area contributed by atoms with Crippen molar-refractivity contribution >= 4 is 28.7 Å². The van der Waals surface area contributed by atoms with Crippen molar-refractivity contribution in [3.63, 3.8) is 0 Å². The first kappa shape index (κ1) is 8.62. The molecule has 0 saturated heterocycles. The van der Waals surface area contributed by atoms with Gasteiger partial charge in [0.2, 0.25) is 5.78 Å². The molecule has 0 spiro atoms. The van der Waals surface area contributed by atoms with Crippen LogP contribution in [0, 0.1) is 0 Å². The smallest absolute Gasteiger partial charge is 0.287 e. The highest BCUT2D eigenvalue weighted by atomic mass is 35.5. The number of carbonyl (C=O) groups is 1. The van der Waals surface area contributed by atoms with Crippen molar-refractivity contribution < 1.29 is 13.6 Å². The molecule has 1 aromatic rings. The molecule has 0 aromatic carbocycles. The van der Waals surface area contributed by atoms with Gasteiger partial charge in [0.15, 0.2) is 0 Å². The fraction of sp³-hybridized carbons (Fsp3) is 0.167. The molecule has 0 N–H and O–H groups in total. The summed E-state index contributed by atoms with van der Waals surface area (Å²) >= 11 is 6.29. The summed E-state index contributed by atoms with van der Waals surface area (Å²) in [5.41, 5.74) is 0. The summed E-state index contributed by atoms with van der Waals surface area (Å²) in [6, 6.07) is 2.71. The normalized spacial score (nSPS) is 10.5. The van der Waals surface area contributed by atoms with E-state index in [1.807, 2.05) is 0 Å². The standard InChI is InChI=1S/C6H3ClF2OS/c7-4-2-1-3(11-4)5(10)6(8)9/h1-2,6H. The van der Waals surface area contributed by atoms with E-state index in [1.165, 1.54) is 12.1 Å². The van der Waals surface area contributed by atoms with Gasteiger partial charge in [0, 0.05) is 0 Å². The summed E-state index contributed by atoms with van der Waals surface area (Å²) in [4.78, 5) is 10.6. The minimum atomic E-state index is -2.94. The number of hydrogen-bond acceptors (Lipinski definition) is 2. The van der Waals surface area contributed by atoms with Crippen LogP contribution in [0.3, 0.4) is 0 Å². The molecule has 1 rings (SSSR count). The topological polar surface area (TPSA) is 17.1 Å². The lowest BCUT2D eigenvalue weighted by molar-refractivity contribution is 0.0683. The molecule has 0 atom stereocenters. The van der Waals surface area contributed by atoms with Crippen LogP contribution in [-0.4, -0.2) is 12.2 Å². The Bertz CT molecular complexity index is 271. The molecule has 0 aliphatic rings. The number of hydrogen-bond donors (Lipinski definition) is 0. The van der Waals surface area contributed by atoms with Crippen molar-refractivity contribution in [2.24, 2.45) is 0 Å². The monoisotopic (exact) mass is 196 g/mol. The Morgan fingerprint density at radius 2 is 2.18 bits per heavy atom. The minimum absolute atomic E-state index is 0.00463. The Labute approximate surface area is 70.6 Å². The second-order valence-corrected chi connectivity index (χ2v) is 3.48. The number of rotatable bonds is 2. The van der Waals surface area contributed by atoms with E-state index in [4.69, 9.17) is 11.6 Å². The van der Waals surface area contributed by atoms with Gasteiger partial charge in [0.1, 0.15) is 0 Å². The van der Waals surface area contributed by atoms with Crippen molar-refractivity contribution in [2.75, 3.05) is 0 Å². The lowest BCUT2D eigenvalue weighted by Gasteiger charge is -1.91. The largest absolute Gasteiger partial charge is 0.301 e. The quantitative estimate of drug-likeness (QED) is 0.665. The highest BCUT2D eigenvalue weighted by Crippen LogP contribution is 2.23. The average Bonchev–Trinajstić information content (AvgIpc) is 2.34. The molecule has 60 valence electrons. The van der Waals surface area contributed by atoms with Crippen molar-refractivity contribution in [2.45, 2.75) is 6.43 Å². The first-order valence-corrected chi connectivity index (χ1v) is 3.88. The van der Waals surface area contributed by atoms with Crippen LogP contribution in [0.4, 0.5) is 8.78 Å². The molecular formula is C6H3ClF2OS. The number of alkyl halides is 2. The van der Waals surface area contributed by atoms with Crippen LogP contribution in [0.2, 0.25) is 4.34 Å². The predicted octanol–water partition coefficient (Wildman–Crippen LogP) is 2.85. The van der Waals surface area contributed by atoms with E-state index in [2.05, 4.69) is 0 Å². The van der Waals surface area contributed by atoms with Gasteiger partial charge in [-0.2, -0.15) is 0 Å². The fourth-order valence-corrected chi connectivity index (χ4v) is 1.54. The highest BCUT2D eigenvalue weighted by molar-refractivity contribution is 7.18. The number of carbonyl (C=O) groups excluding carboxylic acids is 1. The molecule has 0 amide bonds. The molecule has 11 heavy (non-hydrogen) atoms. The van der Waals surface area contributed by atoms with Gasteiger partial charge >= 0.3 is 6.43 Å². The number of Topliss-reactive ketones (excluding diaryl/α,β-unsaturated/α-hetero) is 1. The third-order valence-electron chi connectivity index (χ3n) is 1.01. The summed E-state index contributed by atoms with van der Waals surface area (Å²) < 4.78 is 23.8. The van der Waals surface area contributed by atoms with E-state index in [0.29, 0.717) is 4.34 Å². The third kappa shape index (κ3) is 1.97. The lowest BCUT2D eigenvalue weighted by Crippen LogP contribution is -2.07. The van der Waals surface area contributed by atoms with Crippen molar-refractivity contribution in [1.82, 2.24) is 0 Å². The summed E-state index contributed by atoms with van der Waals surface area (Å²) in [5, 5.41) is 0. The molecule has 0 aliphatic carbocycles. The maximum Gasteiger partial charge on any atom is 0.301 e. The molecule has 0 unspecified atom stereocenters. The van der Waals surface area contributed by atoms with Crippen LogP contribution in [0.5, 0.6) is 0 Å². The van der Waals surface area contributed by atoms with Crippen LogP contribution in [-0.2, 0) is 0 Å². The minimum Gasteiger partial charge on any atom is -0.287 e. The van der Waals surface area contributed by atoms with Gasteiger partial charge in [-0.1, -0.05) is 11.6 Å². The lowest BCUT2D eigenvalue weighted by atomic mass is 10.3. The molecule has 5 heteroatoms. The maximum atomic E-state index is 11.7. The van der Waals surface area contributed by atoms with E-state index in [9.17, 15) is 13.6 Å². The SMILES string of the molecule is O=C(c1ccc(Cl)s1)C(F)F. The number of halogens is 3. The van der Waals surface area contributed by atoms with E-state index in [-0.39, 0.29) is 4.88 Å². The van der Waals surface area contributed by atoms with Crippen molar-refractivity contribution in [1.29, 1.82) is 0 Å². The van der Waals surface area contributed by atoms with Crippen molar-refractivity contribution in [3.05, 3.63) is 21.3 Å². The van der Waals surface area contributed by atoms with Gasteiger partial charge in [-0.05, 0) is 12.1 Å².